The molecule has 2 aromatic carbocycles. The first kappa shape index (κ1) is 20.6. The molecule has 0 saturated heterocycles. The summed E-state index contributed by atoms with van der Waals surface area (Å²) in [5.41, 5.74) is 3.42. The highest BCUT2D eigenvalue weighted by Crippen LogP contribution is 2.29. The Morgan fingerprint density at radius 2 is 1.70 bits per heavy atom. The van der Waals surface area contributed by atoms with Crippen LogP contribution in [0.25, 0.3) is 11.8 Å². The Morgan fingerprint density at radius 3 is 2.30 bits per heavy atom. The van der Waals surface area contributed by atoms with E-state index in [0.717, 1.165) is 34.5 Å². The number of nitro benzene ring substituents is 2. The second kappa shape index (κ2) is 8.48. The molecule has 0 spiro atoms. The third-order valence-electron chi connectivity index (χ3n) is 4.69. The SMILES string of the molecule is COc1ccc(-n2c(C)cc(/C=C/Nc3ccc([N+](=O)[O-])cc3[N+](=O)[O-])c2C)cc1. The topological polar surface area (TPSA) is 112 Å². The molecule has 0 aliphatic rings. The average molecular weight is 408 g/mol. The summed E-state index contributed by atoms with van der Waals surface area (Å²) in [5, 5.41) is 24.9. The van der Waals surface area contributed by atoms with E-state index in [-0.39, 0.29) is 17.1 Å². The molecule has 0 aliphatic carbocycles. The van der Waals surface area contributed by atoms with Gasteiger partial charge in [-0.15, -0.1) is 0 Å². The Morgan fingerprint density at radius 1 is 1.00 bits per heavy atom. The molecule has 1 aromatic heterocycles. The fraction of sp³-hybridized carbons (Fsp3) is 0.143. The number of aryl methyl sites for hydroxylation is 1. The number of hydrogen-bond acceptors (Lipinski definition) is 6. The second-order valence-corrected chi connectivity index (χ2v) is 6.55. The number of hydrogen-bond donors (Lipinski definition) is 1. The van der Waals surface area contributed by atoms with Crippen LogP contribution in [0.1, 0.15) is 17.0 Å². The van der Waals surface area contributed by atoms with Crippen LogP contribution in [-0.4, -0.2) is 21.5 Å². The van der Waals surface area contributed by atoms with E-state index in [4.69, 9.17) is 4.74 Å². The Kier molecular flexibility index (Phi) is 5.82. The van der Waals surface area contributed by atoms with Crippen molar-refractivity contribution in [1.82, 2.24) is 4.57 Å². The fourth-order valence-electron chi connectivity index (χ4n) is 3.21. The highest BCUT2D eigenvalue weighted by atomic mass is 16.6. The van der Waals surface area contributed by atoms with Gasteiger partial charge in [0.2, 0.25) is 0 Å². The predicted octanol–water partition coefficient (Wildman–Crippen LogP) is 5.00. The standard InChI is InChI=1S/C21H20N4O5/c1-14-12-16(15(2)23(14)17-4-7-19(30-3)8-5-17)10-11-22-20-9-6-18(24(26)27)13-21(20)25(28)29/h4-13,22H,1-3H3/b11-10+. The molecule has 3 rings (SSSR count). The van der Waals surface area contributed by atoms with Crippen LogP contribution >= 0.6 is 0 Å². The Hall–Kier alpha value is -4.14. The van der Waals surface area contributed by atoms with Crippen LogP contribution in [0.3, 0.4) is 0 Å². The van der Waals surface area contributed by atoms with Crippen molar-refractivity contribution in [2.24, 2.45) is 0 Å². The summed E-state index contributed by atoms with van der Waals surface area (Å²) in [6.45, 7) is 3.97. The number of ether oxygens (including phenoxy) is 1. The van der Waals surface area contributed by atoms with Gasteiger partial charge < -0.3 is 14.6 Å². The highest BCUT2D eigenvalue weighted by molar-refractivity contribution is 5.68. The van der Waals surface area contributed by atoms with E-state index in [1.165, 1.54) is 12.1 Å². The lowest BCUT2D eigenvalue weighted by Crippen LogP contribution is -1.99. The minimum absolute atomic E-state index is 0.172. The van der Waals surface area contributed by atoms with Crippen LogP contribution < -0.4 is 10.1 Å². The van der Waals surface area contributed by atoms with Crippen molar-refractivity contribution in [3.63, 3.8) is 0 Å². The molecule has 0 unspecified atom stereocenters. The lowest BCUT2D eigenvalue weighted by molar-refractivity contribution is -0.393. The molecule has 0 aliphatic heterocycles. The van der Waals surface area contributed by atoms with Gasteiger partial charge in [0.25, 0.3) is 11.4 Å². The van der Waals surface area contributed by atoms with Crippen molar-refractivity contribution in [3.8, 4) is 11.4 Å². The summed E-state index contributed by atoms with van der Waals surface area (Å²) in [5.74, 6) is 0.773. The quantitative estimate of drug-likeness (QED) is 0.435. The molecule has 3 aromatic rings. The van der Waals surface area contributed by atoms with E-state index in [2.05, 4.69) is 9.88 Å². The van der Waals surface area contributed by atoms with Crippen LogP contribution in [-0.2, 0) is 0 Å². The van der Waals surface area contributed by atoms with Gasteiger partial charge in [0.1, 0.15) is 11.4 Å². The van der Waals surface area contributed by atoms with Crippen LogP contribution in [0.2, 0.25) is 0 Å². The van der Waals surface area contributed by atoms with Crippen molar-refractivity contribution < 1.29 is 14.6 Å². The molecular formula is C21H20N4O5. The fourth-order valence-corrected chi connectivity index (χ4v) is 3.21. The summed E-state index contributed by atoms with van der Waals surface area (Å²) in [4.78, 5) is 20.8. The first-order chi connectivity index (χ1) is 14.3. The van der Waals surface area contributed by atoms with E-state index >= 15 is 0 Å². The number of anilines is 1. The summed E-state index contributed by atoms with van der Waals surface area (Å²) < 4.78 is 7.29. The minimum Gasteiger partial charge on any atom is -0.497 e. The third kappa shape index (κ3) is 4.14. The second-order valence-electron chi connectivity index (χ2n) is 6.55. The molecule has 1 N–H and O–H groups in total. The number of methoxy groups -OCH3 is 1. The average Bonchev–Trinajstić information content (AvgIpc) is 3.01. The Bertz CT molecular complexity index is 1130. The summed E-state index contributed by atoms with van der Waals surface area (Å²) in [7, 11) is 1.62. The van der Waals surface area contributed by atoms with Crippen LogP contribution in [0.5, 0.6) is 5.75 Å². The Labute approximate surface area is 172 Å². The van der Waals surface area contributed by atoms with E-state index in [1.807, 2.05) is 44.2 Å². The minimum atomic E-state index is -0.666. The maximum Gasteiger partial charge on any atom is 0.299 e. The summed E-state index contributed by atoms with van der Waals surface area (Å²) in [6, 6.07) is 13.2. The van der Waals surface area contributed by atoms with Crippen LogP contribution in [0.4, 0.5) is 17.1 Å². The van der Waals surface area contributed by atoms with Crippen molar-refractivity contribution in [2.75, 3.05) is 12.4 Å². The number of non-ortho nitro benzene ring substituents is 1. The van der Waals surface area contributed by atoms with Gasteiger partial charge in [0, 0.05) is 29.3 Å². The number of nitrogens with one attached hydrogen (secondary N) is 1. The zero-order valence-corrected chi connectivity index (χ0v) is 16.7. The number of benzene rings is 2. The number of aromatic nitrogens is 1. The third-order valence-corrected chi connectivity index (χ3v) is 4.69. The molecule has 154 valence electrons. The van der Waals surface area contributed by atoms with E-state index in [0.29, 0.717) is 0 Å². The van der Waals surface area contributed by atoms with Crippen LogP contribution in [0.15, 0.2) is 54.7 Å². The molecule has 0 radical (unpaired) electrons. The predicted molar refractivity (Wildman–Crippen MR) is 114 cm³/mol. The van der Waals surface area contributed by atoms with Crippen LogP contribution in [0, 0.1) is 34.1 Å². The summed E-state index contributed by atoms with van der Waals surface area (Å²) >= 11 is 0. The van der Waals surface area contributed by atoms with E-state index in [1.54, 1.807) is 19.4 Å². The van der Waals surface area contributed by atoms with Gasteiger partial charge in [0.15, 0.2) is 0 Å². The lowest BCUT2D eigenvalue weighted by Gasteiger charge is -2.10. The van der Waals surface area contributed by atoms with Crippen molar-refractivity contribution in [3.05, 3.63) is 91.9 Å². The van der Waals surface area contributed by atoms with Gasteiger partial charge in [-0.25, -0.2) is 0 Å². The molecule has 0 fully saturated rings. The largest absolute Gasteiger partial charge is 0.497 e. The molecule has 9 nitrogen and oxygen atoms in total. The lowest BCUT2D eigenvalue weighted by atomic mass is 10.2. The van der Waals surface area contributed by atoms with E-state index < -0.39 is 9.85 Å². The first-order valence-electron chi connectivity index (χ1n) is 9.01. The number of nitro groups is 2. The first-order valence-corrected chi connectivity index (χ1v) is 9.01. The Balaban J connectivity index is 1.85. The van der Waals surface area contributed by atoms with Crippen molar-refractivity contribution in [2.45, 2.75) is 13.8 Å². The smallest absolute Gasteiger partial charge is 0.299 e. The van der Waals surface area contributed by atoms with Gasteiger partial charge in [-0.05, 0) is 61.9 Å². The number of rotatable bonds is 7. The molecule has 0 atom stereocenters. The monoisotopic (exact) mass is 408 g/mol. The molecular weight excluding hydrogens is 388 g/mol. The highest BCUT2D eigenvalue weighted by Gasteiger charge is 2.18. The van der Waals surface area contributed by atoms with Crippen molar-refractivity contribution >= 4 is 23.1 Å². The maximum absolute atomic E-state index is 11.2. The molecule has 0 bridgehead atoms. The maximum atomic E-state index is 11.2. The van der Waals surface area contributed by atoms with Gasteiger partial charge in [0.05, 0.1) is 23.0 Å². The zero-order valence-electron chi connectivity index (χ0n) is 16.7. The molecule has 0 amide bonds. The number of nitrogens with zero attached hydrogens (tertiary/aromatic N) is 3. The summed E-state index contributed by atoms with van der Waals surface area (Å²) in [6.07, 6.45) is 3.38. The molecule has 1 heterocycles. The van der Waals surface area contributed by atoms with Gasteiger partial charge in [-0.2, -0.15) is 0 Å². The normalized spacial score (nSPS) is 10.9. The molecule has 9 heteroatoms. The molecule has 0 saturated carbocycles. The zero-order chi connectivity index (χ0) is 21.8. The molecule has 30 heavy (non-hydrogen) atoms. The van der Waals surface area contributed by atoms with Gasteiger partial charge >= 0.3 is 0 Å². The van der Waals surface area contributed by atoms with E-state index in [9.17, 15) is 20.2 Å². The van der Waals surface area contributed by atoms with Gasteiger partial charge in [-0.3, -0.25) is 20.2 Å². The van der Waals surface area contributed by atoms with Crippen molar-refractivity contribution in [1.29, 1.82) is 0 Å². The van der Waals surface area contributed by atoms with Gasteiger partial charge in [-0.1, -0.05) is 0 Å².